The smallest absolute Gasteiger partial charge is 0.410 e. The van der Waals surface area contributed by atoms with Crippen molar-refractivity contribution in [1.29, 1.82) is 0 Å². The standard InChI is InChI=1S/C30H37N3O6/c1-7-16-38-26(34)17-25(29(36)32(4)5)31-28(35)27(19(2)3)33(6)30(37)39-18-24-22-14-10-8-12-20(22)21-13-9-11-15-23(21)24/h7-15,19,24-25,27H,1,16-18H2,2-6H3,(H,31,35)/t25-,27-/m0/s1. The number of benzene rings is 2. The summed E-state index contributed by atoms with van der Waals surface area (Å²) >= 11 is 0. The van der Waals surface area contributed by atoms with E-state index in [1.807, 2.05) is 36.4 Å². The van der Waals surface area contributed by atoms with Crippen LogP contribution in [0.1, 0.15) is 37.3 Å². The maximum atomic E-state index is 13.4. The number of ether oxygens (including phenoxy) is 2. The Morgan fingerprint density at radius 3 is 2.03 bits per heavy atom. The molecule has 0 aliphatic heterocycles. The van der Waals surface area contributed by atoms with Crippen LogP contribution in [0.5, 0.6) is 0 Å². The predicted octanol–water partition coefficient (Wildman–Crippen LogP) is 3.58. The third-order valence-electron chi connectivity index (χ3n) is 6.73. The maximum absolute atomic E-state index is 13.4. The van der Waals surface area contributed by atoms with Gasteiger partial charge in [0, 0.05) is 27.1 Å². The van der Waals surface area contributed by atoms with Crippen molar-refractivity contribution in [2.45, 2.75) is 38.3 Å². The highest BCUT2D eigenvalue weighted by Crippen LogP contribution is 2.44. The second-order valence-corrected chi connectivity index (χ2v) is 10.1. The van der Waals surface area contributed by atoms with Crippen molar-refractivity contribution < 1.29 is 28.7 Å². The fourth-order valence-corrected chi connectivity index (χ4v) is 4.88. The zero-order valence-corrected chi connectivity index (χ0v) is 23.2. The average molecular weight is 536 g/mol. The van der Waals surface area contributed by atoms with Crippen LogP contribution in [0, 0.1) is 5.92 Å². The number of hydrogen-bond acceptors (Lipinski definition) is 6. The highest BCUT2D eigenvalue weighted by molar-refractivity contribution is 5.93. The van der Waals surface area contributed by atoms with Gasteiger partial charge in [0.15, 0.2) is 0 Å². The summed E-state index contributed by atoms with van der Waals surface area (Å²) in [4.78, 5) is 53.9. The van der Waals surface area contributed by atoms with Gasteiger partial charge in [0.25, 0.3) is 0 Å². The van der Waals surface area contributed by atoms with Gasteiger partial charge in [-0.25, -0.2) is 4.79 Å². The van der Waals surface area contributed by atoms with Crippen molar-refractivity contribution in [2.24, 2.45) is 5.92 Å². The molecule has 9 nitrogen and oxygen atoms in total. The van der Waals surface area contributed by atoms with Gasteiger partial charge >= 0.3 is 12.1 Å². The molecule has 2 atom stereocenters. The molecule has 0 aromatic heterocycles. The molecule has 39 heavy (non-hydrogen) atoms. The first kappa shape index (κ1) is 29.4. The van der Waals surface area contributed by atoms with Gasteiger partial charge < -0.3 is 19.7 Å². The average Bonchev–Trinajstić information content (AvgIpc) is 3.23. The first-order chi connectivity index (χ1) is 18.6. The number of nitrogens with one attached hydrogen (secondary N) is 1. The molecule has 0 fully saturated rings. The van der Waals surface area contributed by atoms with E-state index >= 15 is 0 Å². The van der Waals surface area contributed by atoms with Gasteiger partial charge in [-0.15, -0.1) is 0 Å². The number of nitrogens with zero attached hydrogens (tertiary/aromatic N) is 2. The molecular formula is C30H37N3O6. The van der Waals surface area contributed by atoms with E-state index in [0.717, 1.165) is 22.3 Å². The van der Waals surface area contributed by atoms with Gasteiger partial charge in [0.1, 0.15) is 25.3 Å². The Labute approximate surface area is 229 Å². The minimum atomic E-state index is -1.15. The summed E-state index contributed by atoms with van der Waals surface area (Å²) in [5.74, 6) is -2.12. The lowest BCUT2D eigenvalue weighted by Crippen LogP contribution is -2.56. The predicted molar refractivity (Wildman–Crippen MR) is 148 cm³/mol. The van der Waals surface area contributed by atoms with Gasteiger partial charge in [-0.2, -0.15) is 0 Å². The van der Waals surface area contributed by atoms with Crippen LogP contribution in [0.2, 0.25) is 0 Å². The van der Waals surface area contributed by atoms with E-state index in [9.17, 15) is 19.2 Å². The number of fused-ring (bicyclic) bond motifs is 3. The third-order valence-corrected chi connectivity index (χ3v) is 6.73. The molecule has 2 aromatic carbocycles. The molecule has 0 heterocycles. The molecule has 3 rings (SSSR count). The van der Waals surface area contributed by atoms with E-state index in [1.165, 1.54) is 37.0 Å². The highest BCUT2D eigenvalue weighted by Gasteiger charge is 2.36. The SMILES string of the molecule is C=CCOC(=O)C[C@H](NC(=O)[C@H](C(C)C)N(C)C(=O)OCC1c2ccccc2-c2ccccc21)C(=O)N(C)C. The number of carbonyl (C=O) groups is 4. The molecular weight excluding hydrogens is 498 g/mol. The fraction of sp³-hybridized carbons (Fsp3) is 0.400. The van der Waals surface area contributed by atoms with E-state index in [0.29, 0.717) is 0 Å². The number of esters is 1. The first-order valence-electron chi connectivity index (χ1n) is 12.9. The van der Waals surface area contributed by atoms with Crippen LogP contribution in [0.4, 0.5) is 4.79 Å². The Morgan fingerprint density at radius 1 is 0.949 bits per heavy atom. The summed E-state index contributed by atoms with van der Waals surface area (Å²) in [5.41, 5.74) is 4.40. The van der Waals surface area contributed by atoms with Crippen LogP contribution in [0.15, 0.2) is 61.2 Å². The zero-order chi connectivity index (χ0) is 28.7. The molecule has 0 bridgehead atoms. The van der Waals surface area contributed by atoms with Gasteiger partial charge in [0.2, 0.25) is 11.8 Å². The molecule has 0 saturated carbocycles. The van der Waals surface area contributed by atoms with Crippen molar-refractivity contribution >= 4 is 23.9 Å². The molecule has 208 valence electrons. The summed E-state index contributed by atoms with van der Waals surface area (Å²) < 4.78 is 10.7. The normalized spacial score (nSPS) is 13.5. The van der Waals surface area contributed by atoms with Gasteiger partial charge in [-0.05, 0) is 28.2 Å². The van der Waals surface area contributed by atoms with Crippen molar-refractivity contribution in [3.63, 3.8) is 0 Å². The minimum Gasteiger partial charge on any atom is -0.461 e. The quantitative estimate of drug-likeness (QED) is 0.348. The van der Waals surface area contributed by atoms with E-state index in [1.54, 1.807) is 13.8 Å². The van der Waals surface area contributed by atoms with Gasteiger partial charge in [0.05, 0.1) is 6.42 Å². The Morgan fingerprint density at radius 2 is 1.51 bits per heavy atom. The monoisotopic (exact) mass is 535 g/mol. The van der Waals surface area contributed by atoms with Crippen LogP contribution in [0.3, 0.4) is 0 Å². The second-order valence-electron chi connectivity index (χ2n) is 10.1. The third kappa shape index (κ3) is 6.85. The van der Waals surface area contributed by atoms with E-state index in [4.69, 9.17) is 9.47 Å². The lowest BCUT2D eigenvalue weighted by Gasteiger charge is -2.31. The van der Waals surface area contributed by atoms with Crippen molar-refractivity contribution in [1.82, 2.24) is 15.1 Å². The molecule has 0 saturated heterocycles. The van der Waals surface area contributed by atoms with Crippen molar-refractivity contribution in [2.75, 3.05) is 34.4 Å². The molecule has 1 N–H and O–H groups in total. The van der Waals surface area contributed by atoms with Crippen LogP contribution < -0.4 is 5.32 Å². The number of carbonyl (C=O) groups excluding carboxylic acids is 4. The Bertz CT molecular complexity index is 1180. The number of hydrogen-bond donors (Lipinski definition) is 1. The summed E-state index contributed by atoms with van der Waals surface area (Å²) in [7, 11) is 4.54. The molecule has 2 aromatic rings. The van der Waals surface area contributed by atoms with Crippen LogP contribution in [-0.2, 0) is 23.9 Å². The van der Waals surface area contributed by atoms with Crippen molar-refractivity contribution in [3.05, 3.63) is 72.3 Å². The molecule has 1 aliphatic rings. The Kier molecular flexibility index (Phi) is 9.87. The van der Waals surface area contributed by atoms with Crippen molar-refractivity contribution in [3.8, 4) is 11.1 Å². The number of likely N-dealkylation sites (N-methyl/N-ethyl adjacent to an activating group) is 2. The topological polar surface area (TPSA) is 105 Å². The largest absolute Gasteiger partial charge is 0.461 e. The van der Waals surface area contributed by atoms with E-state index in [2.05, 4.69) is 24.0 Å². The van der Waals surface area contributed by atoms with Crippen LogP contribution >= 0.6 is 0 Å². The molecule has 0 radical (unpaired) electrons. The van der Waals surface area contributed by atoms with Gasteiger partial charge in [-0.1, -0.05) is 75.0 Å². The second kappa shape index (κ2) is 13.1. The van der Waals surface area contributed by atoms with E-state index < -0.39 is 36.0 Å². The lowest BCUT2D eigenvalue weighted by atomic mass is 9.98. The first-order valence-corrected chi connectivity index (χ1v) is 12.9. The lowest BCUT2D eigenvalue weighted by molar-refractivity contribution is -0.147. The number of rotatable bonds is 11. The highest BCUT2D eigenvalue weighted by atomic mass is 16.6. The molecule has 0 unspecified atom stereocenters. The summed E-state index contributed by atoms with van der Waals surface area (Å²) in [6.45, 7) is 7.18. The Hall–Kier alpha value is -4.14. The number of amides is 3. The minimum absolute atomic E-state index is 0.00516. The van der Waals surface area contributed by atoms with E-state index in [-0.39, 0.29) is 31.5 Å². The molecule has 9 heteroatoms. The maximum Gasteiger partial charge on any atom is 0.410 e. The van der Waals surface area contributed by atoms with Gasteiger partial charge in [-0.3, -0.25) is 19.3 Å². The van der Waals surface area contributed by atoms with Crippen LogP contribution in [-0.4, -0.2) is 80.1 Å². The zero-order valence-electron chi connectivity index (χ0n) is 23.2. The summed E-state index contributed by atoms with van der Waals surface area (Å²) in [5, 5.41) is 2.64. The van der Waals surface area contributed by atoms with Crippen LogP contribution in [0.25, 0.3) is 11.1 Å². The summed E-state index contributed by atoms with van der Waals surface area (Å²) in [6.07, 6.45) is 0.402. The Balaban J connectivity index is 1.71. The molecule has 0 spiro atoms. The summed E-state index contributed by atoms with van der Waals surface area (Å²) in [6, 6.07) is 14.0. The fourth-order valence-electron chi connectivity index (χ4n) is 4.88. The molecule has 3 amide bonds. The molecule has 1 aliphatic carbocycles.